The number of thiazole rings is 1. The molecule has 0 saturated carbocycles. The lowest BCUT2D eigenvalue weighted by Gasteiger charge is -2.18. The van der Waals surface area contributed by atoms with Crippen LogP contribution >= 0.6 is 11.3 Å². The molecule has 0 spiro atoms. The summed E-state index contributed by atoms with van der Waals surface area (Å²) < 4.78 is 0. The monoisotopic (exact) mass is 299 g/mol. The topological polar surface area (TPSA) is 106 Å². The Hall–Kier alpha value is -1.83. The van der Waals surface area contributed by atoms with Crippen LogP contribution in [0.4, 0.5) is 10.9 Å². The van der Waals surface area contributed by atoms with Crippen molar-refractivity contribution in [2.24, 2.45) is 5.73 Å². The zero-order valence-corrected chi connectivity index (χ0v) is 12.9. The molecular formula is C12H21N5O2S. The van der Waals surface area contributed by atoms with E-state index in [0.717, 1.165) is 13.0 Å². The van der Waals surface area contributed by atoms with Gasteiger partial charge in [-0.1, -0.05) is 18.3 Å². The number of carbonyl (C=O) groups excluding carboxylic acids is 2. The second-order valence-corrected chi connectivity index (χ2v) is 5.40. The molecule has 1 aromatic rings. The van der Waals surface area contributed by atoms with Crippen LogP contribution in [0, 0.1) is 0 Å². The van der Waals surface area contributed by atoms with Gasteiger partial charge < -0.3 is 21.3 Å². The number of nitrogen functional groups attached to an aromatic ring is 1. The van der Waals surface area contributed by atoms with Crippen molar-refractivity contribution >= 4 is 34.1 Å². The van der Waals surface area contributed by atoms with Gasteiger partial charge >= 0.3 is 0 Å². The molecule has 1 rings (SSSR count). The van der Waals surface area contributed by atoms with E-state index in [2.05, 4.69) is 11.9 Å². The number of hydrogen-bond donors (Lipinski definition) is 2. The SMILES string of the molecule is CCCN(C)c1nc(N)c(C(=O)N(CC)CC(N)=O)s1. The van der Waals surface area contributed by atoms with Crippen molar-refractivity contribution in [2.45, 2.75) is 20.3 Å². The Labute approximate surface area is 122 Å². The molecule has 0 atom stereocenters. The Balaban J connectivity index is 2.95. The fraction of sp³-hybridized carbons (Fsp3) is 0.583. The minimum Gasteiger partial charge on any atom is -0.382 e. The summed E-state index contributed by atoms with van der Waals surface area (Å²) in [5.74, 6) is -0.662. The number of carbonyl (C=O) groups is 2. The average Bonchev–Trinajstić information content (AvgIpc) is 2.77. The molecule has 20 heavy (non-hydrogen) atoms. The van der Waals surface area contributed by atoms with Crippen LogP contribution in [0.3, 0.4) is 0 Å². The Kier molecular flexibility index (Phi) is 5.75. The van der Waals surface area contributed by atoms with E-state index in [0.29, 0.717) is 16.6 Å². The van der Waals surface area contributed by atoms with E-state index >= 15 is 0 Å². The van der Waals surface area contributed by atoms with Crippen molar-refractivity contribution in [1.29, 1.82) is 0 Å². The molecule has 0 aliphatic rings. The minimum absolute atomic E-state index is 0.118. The molecule has 1 aromatic heterocycles. The average molecular weight is 299 g/mol. The number of likely N-dealkylation sites (N-methyl/N-ethyl adjacent to an activating group) is 1. The van der Waals surface area contributed by atoms with Crippen molar-refractivity contribution in [3.8, 4) is 0 Å². The number of anilines is 2. The lowest BCUT2D eigenvalue weighted by atomic mass is 10.4. The summed E-state index contributed by atoms with van der Waals surface area (Å²) in [4.78, 5) is 31.1. The summed E-state index contributed by atoms with van der Waals surface area (Å²) in [6.07, 6.45) is 0.974. The second kappa shape index (κ2) is 7.09. The number of aromatic nitrogens is 1. The van der Waals surface area contributed by atoms with Gasteiger partial charge in [0, 0.05) is 20.1 Å². The van der Waals surface area contributed by atoms with Crippen molar-refractivity contribution < 1.29 is 9.59 Å². The van der Waals surface area contributed by atoms with E-state index in [4.69, 9.17) is 11.5 Å². The van der Waals surface area contributed by atoms with Crippen LogP contribution in [0.15, 0.2) is 0 Å². The van der Waals surface area contributed by atoms with Gasteiger partial charge in [0.2, 0.25) is 5.91 Å². The molecule has 8 heteroatoms. The molecular weight excluding hydrogens is 278 g/mol. The molecule has 2 amide bonds. The molecule has 0 saturated heterocycles. The number of hydrogen-bond acceptors (Lipinski definition) is 6. The molecule has 1 heterocycles. The number of nitrogens with zero attached hydrogens (tertiary/aromatic N) is 3. The Bertz CT molecular complexity index is 488. The summed E-state index contributed by atoms with van der Waals surface area (Å²) in [7, 11) is 1.90. The zero-order valence-electron chi connectivity index (χ0n) is 12.0. The molecule has 0 aliphatic heterocycles. The summed E-state index contributed by atoms with van der Waals surface area (Å²) in [6, 6.07) is 0. The smallest absolute Gasteiger partial charge is 0.268 e. The maximum atomic E-state index is 12.3. The maximum absolute atomic E-state index is 12.3. The fourth-order valence-electron chi connectivity index (χ4n) is 1.73. The number of rotatable bonds is 7. The third kappa shape index (κ3) is 3.83. The van der Waals surface area contributed by atoms with Crippen molar-refractivity contribution in [3.05, 3.63) is 4.88 Å². The van der Waals surface area contributed by atoms with Gasteiger partial charge in [-0.2, -0.15) is 0 Å². The van der Waals surface area contributed by atoms with Crippen molar-refractivity contribution in [2.75, 3.05) is 37.3 Å². The number of primary amides is 1. The first kappa shape index (κ1) is 16.2. The fourth-order valence-corrected chi connectivity index (χ4v) is 2.67. The maximum Gasteiger partial charge on any atom is 0.268 e. The second-order valence-electron chi connectivity index (χ2n) is 4.42. The lowest BCUT2D eigenvalue weighted by Crippen LogP contribution is -2.38. The van der Waals surface area contributed by atoms with E-state index in [1.54, 1.807) is 6.92 Å². The van der Waals surface area contributed by atoms with Gasteiger partial charge in [-0.15, -0.1) is 0 Å². The third-order valence-electron chi connectivity index (χ3n) is 2.74. The first-order valence-electron chi connectivity index (χ1n) is 6.45. The highest BCUT2D eigenvalue weighted by Crippen LogP contribution is 2.28. The predicted octanol–water partition coefficient (Wildman–Crippen LogP) is 0.519. The Morgan fingerprint density at radius 3 is 2.50 bits per heavy atom. The summed E-state index contributed by atoms with van der Waals surface area (Å²) in [6.45, 7) is 4.94. The molecule has 112 valence electrons. The van der Waals surface area contributed by atoms with Crippen molar-refractivity contribution in [3.63, 3.8) is 0 Å². The summed E-state index contributed by atoms with van der Waals surface area (Å²) in [5, 5.41) is 0.697. The summed E-state index contributed by atoms with van der Waals surface area (Å²) >= 11 is 1.23. The summed E-state index contributed by atoms with van der Waals surface area (Å²) in [5.41, 5.74) is 10.9. The molecule has 0 aliphatic carbocycles. The van der Waals surface area contributed by atoms with Gasteiger partial charge in [0.15, 0.2) is 5.13 Å². The van der Waals surface area contributed by atoms with Gasteiger partial charge in [0.25, 0.3) is 5.91 Å². The molecule has 0 unspecified atom stereocenters. The first-order valence-corrected chi connectivity index (χ1v) is 7.27. The van der Waals surface area contributed by atoms with Crippen LogP contribution in [-0.2, 0) is 4.79 Å². The van der Waals surface area contributed by atoms with Gasteiger partial charge in [0.1, 0.15) is 10.7 Å². The zero-order chi connectivity index (χ0) is 15.3. The molecule has 0 radical (unpaired) electrons. The van der Waals surface area contributed by atoms with E-state index in [1.165, 1.54) is 16.2 Å². The standard InChI is InChI=1S/C12H21N5O2S/c1-4-6-16(3)12-15-10(14)9(20-12)11(19)17(5-2)7-8(13)18/h4-7,14H2,1-3H3,(H2,13,18). The minimum atomic E-state index is -0.549. The van der Waals surface area contributed by atoms with Gasteiger partial charge in [0.05, 0.1) is 6.54 Å². The third-order valence-corrected chi connectivity index (χ3v) is 3.91. The molecule has 0 bridgehead atoms. The van der Waals surface area contributed by atoms with Crippen LogP contribution in [-0.4, -0.2) is 48.4 Å². The number of nitrogens with two attached hydrogens (primary N) is 2. The molecule has 4 N–H and O–H groups in total. The molecule has 0 aromatic carbocycles. The highest BCUT2D eigenvalue weighted by Gasteiger charge is 2.23. The van der Waals surface area contributed by atoms with Crippen LogP contribution in [0.1, 0.15) is 29.9 Å². The Morgan fingerprint density at radius 2 is 2.00 bits per heavy atom. The van der Waals surface area contributed by atoms with Crippen molar-refractivity contribution in [1.82, 2.24) is 9.88 Å². The predicted molar refractivity (Wildman–Crippen MR) is 80.9 cm³/mol. The largest absolute Gasteiger partial charge is 0.382 e. The van der Waals surface area contributed by atoms with Crippen LogP contribution in [0.2, 0.25) is 0 Å². The Morgan fingerprint density at radius 1 is 1.35 bits per heavy atom. The number of amides is 2. The quantitative estimate of drug-likeness (QED) is 0.763. The normalized spacial score (nSPS) is 10.3. The van der Waals surface area contributed by atoms with E-state index < -0.39 is 5.91 Å². The van der Waals surface area contributed by atoms with Gasteiger partial charge in [-0.05, 0) is 13.3 Å². The van der Waals surface area contributed by atoms with E-state index in [-0.39, 0.29) is 18.3 Å². The van der Waals surface area contributed by atoms with Crippen LogP contribution in [0.25, 0.3) is 0 Å². The van der Waals surface area contributed by atoms with Crippen LogP contribution in [0.5, 0.6) is 0 Å². The molecule has 7 nitrogen and oxygen atoms in total. The lowest BCUT2D eigenvalue weighted by molar-refractivity contribution is -0.118. The van der Waals surface area contributed by atoms with Gasteiger partial charge in [-0.3, -0.25) is 9.59 Å². The van der Waals surface area contributed by atoms with E-state index in [1.807, 2.05) is 11.9 Å². The highest BCUT2D eigenvalue weighted by atomic mass is 32.1. The van der Waals surface area contributed by atoms with E-state index in [9.17, 15) is 9.59 Å². The van der Waals surface area contributed by atoms with Gasteiger partial charge in [-0.25, -0.2) is 4.98 Å². The van der Waals surface area contributed by atoms with Crippen LogP contribution < -0.4 is 16.4 Å². The molecule has 0 fully saturated rings. The highest BCUT2D eigenvalue weighted by molar-refractivity contribution is 7.18. The first-order chi connectivity index (χ1) is 9.40.